The van der Waals surface area contributed by atoms with Gasteiger partial charge < -0.3 is 5.11 Å². The summed E-state index contributed by atoms with van der Waals surface area (Å²) < 4.78 is 0. The van der Waals surface area contributed by atoms with Crippen LogP contribution in [0.4, 0.5) is 0 Å². The fourth-order valence-electron chi connectivity index (χ4n) is 2.67. The van der Waals surface area contributed by atoms with Gasteiger partial charge in [-0.25, -0.2) is 5.01 Å². The quantitative estimate of drug-likeness (QED) is 0.715. The number of hydrazine groups is 1. The Labute approximate surface area is 102 Å². The van der Waals surface area contributed by atoms with Gasteiger partial charge in [-0.1, -0.05) is 19.3 Å². The molecule has 5 heteroatoms. The van der Waals surface area contributed by atoms with Crippen LogP contribution in [0, 0.1) is 5.41 Å². The molecule has 1 saturated carbocycles. The first-order valence-electron chi connectivity index (χ1n) is 6.12. The number of carboxylic acids is 1. The van der Waals surface area contributed by atoms with Gasteiger partial charge in [0, 0.05) is 20.5 Å². The minimum Gasteiger partial charge on any atom is -0.481 e. The third kappa shape index (κ3) is 4.73. The van der Waals surface area contributed by atoms with Gasteiger partial charge in [-0.3, -0.25) is 15.0 Å². The van der Waals surface area contributed by atoms with Crippen molar-refractivity contribution in [3.05, 3.63) is 0 Å². The SMILES string of the molecule is CN(C)NC(=O)CC1(CC(=O)O)CCCCC1. The van der Waals surface area contributed by atoms with Crippen molar-refractivity contribution >= 4 is 11.9 Å². The van der Waals surface area contributed by atoms with Gasteiger partial charge in [-0.15, -0.1) is 0 Å². The van der Waals surface area contributed by atoms with Crippen LogP contribution in [-0.2, 0) is 9.59 Å². The van der Waals surface area contributed by atoms with Gasteiger partial charge in [0.1, 0.15) is 0 Å². The van der Waals surface area contributed by atoms with E-state index in [0.29, 0.717) is 6.42 Å². The van der Waals surface area contributed by atoms with E-state index in [2.05, 4.69) is 5.43 Å². The molecule has 17 heavy (non-hydrogen) atoms. The lowest BCUT2D eigenvalue weighted by molar-refractivity contribution is -0.141. The monoisotopic (exact) mass is 242 g/mol. The maximum absolute atomic E-state index is 11.8. The molecule has 0 aliphatic heterocycles. The Morgan fingerprint density at radius 1 is 1.18 bits per heavy atom. The average Bonchev–Trinajstić information content (AvgIpc) is 2.15. The van der Waals surface area contributed by atoms with Gasteiger partial charge in [0.05, 0.1) is 6.42 Å². The number of hydrogen-bond acceptors (Lipinski definition) is 3. The maximum Gasteiger partial charge on any atom is 0.303 e. The molecular weight excluding hydrogens is 220 g/mol. The summed E-state index contributed by atoms with van der Waals surface area (Å²) >= 11 is 0. The second-order valence-corrected chi connectivity index (χ2v) is 5.24. The maximum atomic E-state index is 11.8. The van der Waals surface area contributed by atoms with Crippen LogP contribution in [0.3, 0.4) is 0 Å². The Balaban J connectivity index is 2.62. The highest BCUT2D eigenvalue weighted by atomic mass is 16.4. The highest BCUT2D eigenvalue weighted by molar-refractivity contribution is 5.77. The predicted octanol–water partition coefficient (Wildman–Crippen LogP) is 1.39. The lowest BCUT2D eigenvalue weighted by Gasteiger charge is -2.35. The molecule has 1 rings (SSSR count). The third-order valence-corrected chi connectivity index (χ3v) is 3.32. The van der Waals surface area contributed by atoms with Crippen molar-refractivity contribution in [2.75, 3.05) is 14.1 Å². The van der Waals surface area contributed by atoms with Crippen LogP contribution in [0.15, 0.2) is 0 Å². The van der Waals surface area contributed by atoms with E-state index in [1.54, 1.807) is 19.1 Å². The molecule has 0 aromatic heterocycles. The molecule has 5 nitrogen and oxygen atoms in total. The predicted molar refractivity (Wildman–Crippen MR) is 64.2 cm³/mol. The normalized spacial score (nSPS) is 19.0. The number of nitrogens with one attached hydrogen (secondary N) is 1. The van der Waals surface area contributed by atoms with Crippen molar-refractivity contribution in [3.63, 3.8) is 0 Å². The fourth-order valence-corrected chi connectivity index (χ4v) is 2.67. The first kappa shape index (κ1) is 14.0. The summed E-state index contributed by atoms with van der Waals surface area (Å²) in [7, 11) is 3.51. The van der Waals surface area contributed by atoms with E-state index >= 15 is 0 Å². The Kier molecular flexibility index (Phi) is 4.93. The van der Waals surface area contributed by atoms with Crippen molar-refractivity contribution < 1.29 is 14.7 Å². The largest absolute Gasteiger partial charge is 0.481 e. The molecule has 1 amide bonds. The molecule has 98 valence electrons. The summed E-state index contributed by atoms with van der Waals surface area (Å²) in [5.74, 6) is -0.886. The molecular formula is C12H22N2O3. The van der Waals surface area contributed by atoms with E-state index in [0.717, 1.165) is 32.1 Å². The zero-order chi connectivity index (χ0) is 12.9. The highest BCUT2D eigenvalue weighted by Gasteiger charge is 2.36. The van der Waals surface area contributed by atoms with Crippen molar-refractivity contribution in [1.82, 2.24) is 10.4 Å². The van der Waals surface area contributed by atoms with E-state index in [1.807, 2.05) is 0 Å². The van der Waals surface area contributed by atoms with Gasteiger partial charge >= 0.3 is 5.97 Å². The standard InChI is InChI=1S/C12H22N2O3/c1-14(2)13-10(15)8-12(9-11(16)17)6-4-3-5-7-12/h3-9H2,1-2H3,(H,13,15)(H,16,17). The molecule has 0 unspecified atom stereocenters. The van der Waals surface area contributed by atoms with Crippen LogP contribution >= 0.6 is 0 Å². The first-order chi connectivity index (χ1) is 7.93. The Morgan fingerprint density at radius 2 is 1.76 bits per heavy atom. The molecule has 0 bridgehead atoms. The van der Waals surface area contributed by atoms with Crippen LogP contribution in [0.1, 0.15) is 44.9 Å². The summed E-state index contributed by atoms with van der Waals surface area (Å²) in [6, 6.07) is 0. The van der Waals surface area contributed by atoms with Crippen LogP contribution in [0.5, 0.6) is 0 Å². The van der Waals surface area contributed by atoms with Gasteiger partial charge in [-0.05, 0) is 18.3 Å². The minimum atomic E-state index is -0.801. The first-order valence-corrected chi connectivity index (χ1v) is 6.12. The van der Waals surface area contributed by atoms with E-state index < -0.39 is 5.97 Å². The fraction of sp³-hybridized carbons (Fsp3) is 0.833. The number of carbonyl (C=O) groups is 2. The molecule has 0 atom stereocenters. The number of carbonyl (C=O) groups excluding carboxylic acids is 1. The highest BCUT2D eigenvalue weighted by Crippen LogP contribution is 2.42. The number of aliphatic carboxylic acids is 1. The lowest BCUT2D eigenvalue weighted by atomic mass is 9.69. The summed E-state index contributed by atoms with van der Waals surface area (Å²) in [5, 5.41) is 10.6. The molecule has 2 N–H and O–H groups in total. The molecule has 0 spiro atoms. The van der Waals surface area contributed by atoms with Crippen molar-refractivity contribution in [2.45, 2.75) is 44.9 Å². The number of hydrogen-bond donors (Lipinski definition) is 2. The summed E-state index contributed by atoms with van der Waals surface area (Å²) in [4.78, 5) is 22.7. The van der Waals surface area contributed by atoms with Gasteiger partial charge in [-0.2, -0.15) is 0 Å². The molecule has 1 aliphatic rings. The Hall–Kier alpha value is -1.10. The van der Waals surface area contributed by atoms with Crippen LogP contribution in [0.2, 0.25) is 0 Å². The van der Waals surface area contributed by atoms with E-state index in [-0.39, 0.29) is 17.7 Å². The second kappa shape index (κ2) is 6.00. The van der Waals surface area contributed by atoms with Crippen LogP contribution in [-0.4, -0.2) is 36.1 Å². The number of rotatable bonds is 5. The topological polar surface area (TPSA) is 69.6 Å². The van der Waals surface area contributed by atoms with E-state index in [4.69, 9.17) is 5.11 Å². The van der Waals surface area contributed by atoms with Crippen LogP contribution < -0.4 is 5.43 Å². The smallest absolute Gasteiger partial charge is 0.303 e. The zero-order valence-corrected chi connectivity index (χ0v) is 10.7. The molecule has 1 aliphatic carbocycles. The molecule has 0 heterocycles. The van der Waals surface area contributed by atoms with Gasteiger partial charge in [0.15, 0.2) is 0 Å². The Morgan fingerprint density at radius 3 is 2.24 bits per heavy atom. The van der Waals surface area contributed by atoms with Crippen molar-refractivity contribution in [1.29, 1.82) is 0 Å². The number of carboxylic acid groups (broad SMARTS) is 1. The molecule has 1 fully saturated rings. The summed E-state index contributed by atoms with van der Waals surface area (Å²) in [5.41, 5.74) is 2.36. The third-order valence-electron chi connectivity index (χ3n) is 3.32. The van der Waals surface area contributed by atoms with Crippen molar-refractivity contribution in [3.8, 4) is 0 Å². The number of nitrogens with zero attached hydrogens (tertiary/aromatic N) is 1. The van der Waals surface area contributed by atoms with E-state index in [9.17, 15) is 9.59 Å². The van der Waals surface area contributed by atoms with Gasteiger partial charge in [0.2, 0.25) is 5.91 Å². The van der Waals surface area contributed by atoms with Crippen LogP contribution in [0.25, 0.3) is 0 Å². The number of amides is 1. The second-order valence-electron chi connectivity index (χ2n) is 5.24. The molecule has 0 radical (unpaired) electrons. The molecule has 0 aromatic rings. The molecule has 0 saturated heterocycles. The molecule has 0 aromatic carbocycles. The minimum absolute atomic E-state index is 0.0850. The van der Waals surface area contributed by atoms with Gasteiger partial charge in [0.25, 0.3) is 0 Å². The van der Waals surface area contributed by atoms with Crippen molar-refractivity contribution in [2.24, 2.45) is 5.41 Å². The lowest BCUT2D eigenvalue weighted by Crippen LogP contribution is -2.40. The Bertz CT molecular complexity index is 283. The zero-order valence-electron chi connectivity index (χ0n) is 10.7. The summed E-state index contributed by atoms with van der Waals surface area (Å²) in [6.07, 6.45) is 5.33. The van der Waals surface area contributed by atoms with E-state index in [1.165, 1.54) is 0 Å². The summed E-state index contributed by atoms with van der Waals surface area (Å²) in [6.45, 7) is 0. The average molecular weight is 242 g/mol.